The number of aryl methyl sites for hydroxylation is 1. The molecular weight excluding hydrogens is 381 g/mol. The minimum absolute atomic E-state index is 0.0643. The second kappa shape index (κ2) is 11.1. The fourth-order valence-electron chi connectivity index (χ4n) is 3.43. The van der Waals surface area contributed by atoms with Gasteiger partial charge < -0.3 is 20.1 Å². The summed E-state index contributed by atoms with van der Waals surface area (Å²) in [4.78, 5) is 4.29. The molecule has 6 heteroatoms. The number of hydrogen-bond acceptors (Lipinski definition) is 3. The summed E-state index contributed by atoms with van der Waals surface area (Å²) in [6.07, 6.45) is 2.22. The Morgan fingerprint density at radius 3 is 2.70 bits per heavy atom. The summed E-state index contributed by atoms with van der Waals surface area (Å²) in [5.74, 6) is 0.483. The molecule has 0 saturated carbocycles. The van der Waals surface area contributed by atoms with Crippen LogP contribution in [0.2, 0.25) is 0 Å². The van der Waals surface area contributed by atoms with E-state index < -0.39 is 0 Å². The standard InChI is InChI=1S/C24H32FN3O2/c1-17-7-8-21(14-23(17)25)18(2)28-24(26-3)27-15-19-5-4-6-20(13-19)16-30-22-9-11-29-12-10-22/h4-8,13-14,18,22H,9-12,15-16H2,1-3H3,(H2,26,27,28). The Kier molecular flexibility index (Phi) is 8.22. The van der Waals surface area contributed by atoms with Crippen molar-refractivity contribution in [2.24, 2.45) is 4.99 Å². The monoisotopic (exact) mass is 413 g/mol. The maximum absolute atomic E-state index is 13.9. The van der Waals surface area contributed by atoms with Gasteiger partial charge in [0, 0.05) is 26.8 Å². The van der Waals surface area contributed by atoms with Crippen LogP contribution in [0.5, 0.6) is 0 Å². The molecular formula is C24H32FN3O2. The Balaban J connectivity index is 1.51. The van der Waals surface area contributed by atoms with Gasteiger partial charge >= 0.3 is 0 Å². The lowest BCUT2D eigenvalue weighted by Gasteiger charge is -2.22. The number of guanidine groups is 1. The van der Waals surface area contributed by atoms with Gasteiger partial charge in [-0.2, -0.15) is 0 Å². The number of nitrogens with zero attached hydrogens (tertiary/aromatic N) is 1. The van der Waals surface area contributed by atoms with E-state index in [0.717, 1.165) is 42.7 Å². The Morgan fingerprint density at radius 2 is 1.97 bits per heavy atom. The quantitative estimate of drug-likeness (QED) is 0.526. The zero-order valence-electron chi connectivity index (χ0n) is 18.1. The van der Waals surface area contributed by atoms with Crippen molar-refractivity contribution in [3.8, 4) is 0 Å². The average molecular weight is 414 g/mol. The van der Waals surface area contributed by atoms with E-state index in [9.17, 15) is 4.39 Å². The first kappa shape index (κ1) is 22.2. The minimum atomic E-state index is -0.191. The molecule has 0 amide bonds. The number of rotatable bonds is 7. The van der Waals surface area contributed by atoms with Crippen LogP contribution in [0.4, 0.5) is 4.39 Å². The van der Waals surface area contributed by atoms with E-state index in [0.29, 0.717) is 24.7 Å². The van der Waals surface area contributed by atoms with Crippen molar-refractivity contribution in [2.45, 2.75) is 52.0 Å². The van der Waals surface area contributed by atoms with Crippen LogP contribution in [0.15, 0.2) is 47.5 Å². The van der Waals surface area contributed by atoms with Crippen LogP contribution in [-0.4, -0.2) is 32.3 Å². The summed E-state index contributed by atoms with van der Waals surface area (Å²) in [6.45, 7) is 6.58. The van der Waals surface area contributed by atoms with Crippen LogP contribution in [0.3, 0.4) is 0 Å². The van der Waals surface area contributed by atoms with E-state index in [1.165, 1.54) is 0 Å². The maximum atomic E-state index is 13.9. The topological polar surface area (TPSA) is 54.9 Å². The van der Waals surface area contributed by atoms with Crippen LogP contribution in [0.25, 0.3) is 0 Å². The molecule has 30 heavy (non-hydrogen) atoms. The second-order valence-electron chi connectivity index (χ2n) is 7.74. The number of nitrogens with one attached hydrogen (secondary N) is 2. The van der Waals surface area contributed by atoms with E-state index >= 15 is 0 Å². The molecule has 1 fully saturated rings. The Labute approximate surface area is 178 Å². The van der Waals surface area contributed by atoms with E-state index in [2.05, 4.69) is 33.8 Å². The smallest absolute Gasteiger partial charge is 0.191 e. The van der Waals surface area contributed by atoms with Gasteiger partial charge in [-0.15, -0.1) is 0 Å². The van der Waals surface area contributed by atoms with Gasteiger partial charge in [-0.05, 0) is 55.0 Å². The summed E-state index contributed by atoms with van der Waals surface area (Å²) in [6, 6.07) is 13.6. The molecule has 2 aromatic carbocycles. The van der Waals surface area contributed by atoms with Crippen molar-refractivity contribution >= 4 is 5.96 Å². The number of halogens is 1. The predicted molar refractivity (Wildman–Crippen MR) is 118 cm³/mol. The third-order valence-electron chi connectivity index (χ3n) is 5.38. The van der Waals surface area contributed by atoms with Gasteiger partial charge in [0.25, 0.3) is 0 Å². The Bertz CT molecular complexity index is 850. The average Bonchev–Trinajstić information content (AvgIpc) is 2.78. The lowest BCUT2D eigenvalue weighted by Crippen LogP contribution is -2.38. The van der Waals surface area contributed by atoms with Crippen LogP contribution in [-0.2, 0) is 22.6 Å². The molecule has 0 spiro atoms. The molecule has 1 saturated heterocycles. The van der Waals surface area contributed by atoms with E-state index in [-0.39, 0.29) is 18.0 Å². The first-order valence-electron chi connectivity index (χ1n) is 10.6. The Morgan fingerprint density at radius 1 is 1.20 bits per heavy atom. The molecule has 1 heterocycles. The van der Waals surface area contributed by atoms with Gasteiger partial charge in [-0.25, -0.2) is 4.39 Å². The fourth-order valence-corrected chi connectivity index (χ4v) is 3.43. The largest absolute Gasteiger partial charge is 0.381 e. The van der Waals surface area contributed by atoms with Crippen molar-refractivity contribution in [1.82, 2.24) is 10.6 Å². The van der Waals surface area contributed by atoms with Crippen molar-refractivity contribution < 1.29 is 13.9 Å². The van der Waals surface area contributed by atoms with E-state index in [1.807, 2.05) is 19.1 Å². The molecule has 0 aromatic heterocycles. The summed E-state index contributed by atoms with van der Waals surface area (Å²) in [5, 5.41) is 6.65. The minimum Gasteiger partial charge on any atom is -0.381 e. The van der Waals surface area contributed by atoms with Gasteiger partial charge in [0.2, 0.25) is 0 Å². The highest BCUT2D eigenvalue weighted by Gasteiger charge is 2.14. The van der Waals surface area contributed by atoms with E-state index in [1.54, 1.807) is 26.1 Å². The maximum Gasteiger partial charge on any atom is 0.191 e. The molecule has 0 bridgehead atoms. The zero-order chi connectivity index (χ0) is 21.3. The lowest BCUT2D eigenvalue weighted by molar-refractivity contribution is -0.0390. The molecule has 3 rings (SSSR count). The molecule has 162 valence electrons. The predicted octanol–water partition coefficient (Wildman–Crippen LogP) is 4.26. The normalized spacial score (nSPS) is 16.3. The van der Waals surface area contributed by atoms with Gasteiger partial charge in [0.15, 0.2) is 5.96 Å². The highest BCUT2D eigenvalue weighted by Crippen LogP contribution is 2.17. The summed E-state index contributed by atoms with van der Waals surface area (Å²) in [5.41, 5.74) is 3.84. The third kappa shape index (κ3) is 6.54. The van der Waals surface area contributed by atoms with E-state index in [4.69, 9.17) is 9.47 Å². The third-order valence-corrected chi connectivity index (χ3v) is 5.38. The zero-order valence-corrected chi connectivity index (χ0v) is 18.1. The van der Waals surface area contributed by atoms with Gasteiger partial charge in [0.05, 0.1) is 18.8 Å². The number of benzene rings is 2. The van der Waals surface area contributed by atoms with Crippen LogP contribution < -0.4 is 10.6 Å². The lowest BCUT2D eigenvalue weighted by atomic mass is 10.1. The van der Waals surface area contributed by atoms with Gasteiger partial charge in [-0.1, -0.05) is 36.4 Å². The van der Waals surface area contributed by atoms with Crippen LogP contribution in [0.1, 0.15) is 48.1 Å². The molecule has 1 aliphatic heterocycles. The van der Waals surface area contributed by atoms with Crippen LogP contribution >= 0.6 is 0 Å². The molecule has 0 aliphatic carbocycles. The summed E-state index contributed by atoms with van der Waals surface area (Å²) >= 11 is 0. The number of hydrogen-bond donors (Lipinski definition) is 2. The fraction of sp³-hybridized carbons (Fsp3) is 0.458. The van der Waals surface area contributed by atoms with Crippen molar-refractivity contribution in [3.05, 3.63) is 70.5 Å². The second-order valence-corrected chi connectivity index (χ2v) is 7.74. The van der Waals surface area contributed by atoms with Crippen molar-refractivity contribution in [3.63, 3.8) is 0 Å². The molecule has 0 radical (unpaired) electrons. The molecule has 1 atom stereocenters. The summed E-state index contributed by atoms with van der Waals surface area (Å²) < 4.78 is 25.3. The molecule has 5 nitrogen and oxygen atoms in total. The molecule has 1 aliphatic rings. The molecule has 2 aromatic rings. The first-order chi connectivity index (χ1) is 14.5. The van der Waals surface area contributed by atoms with Gasteiger partial charge in [-0.3, -0.25) is 4.99 Å². The SMILES string of the molecule is CN=C(NCc1cccc(COC2CCOCC2)c1)NC(C)c1ccc(C)c(F)c1. The summed E-state index contributed by atoms with van der Waals surface area (Å²) in [7, 11) is 1.73. The van der Waals surface area contributed by atoms with Crippen molar-refractivity contribution in [1.29, 1.82) is 0 Å². The first-order valence-corrected chi connectivity index (χ1v) is 10.6. The highest BCUT2D eigenvalue weighted by molar-refractivity contribution is 5.80. The highest BCUT2D eigenvalue weighted by atomic mass is 19.1. The van der Waals surface area contributed by atoms with Crippen molar-refractivity contribution in [2.75, 3.05) is 20.3 Å². The molecule has 2 N–H and O–H groups in total. The van der Waals surface area contributed by atoms with Crippen LogP contribution in [0, 0.1) is 12.7 Å². The Hall–Kier alpha value is -2.44. The molecule has 1 unspecified atom stereocenters. The number of aliphatic imine (C=N–C) groups is 1. The van der Waals surface area contributed by atoms with Gasteiger partial charge in [0.1, 0.15) is 5.82 Å². The number of ether oxygens (including phenoxy) is 2.